The summed E-state index contributed by atoms with van der Waals surface area (Å²) >= 11 is 5.77. The Bertz CT molecular complexity index is 672. The number of hydrogen-bond donors (Lipinski definition) is 1. The largest absolute Gasteiger partial charge is 0.493 e. The number of rotatable bonds is 7. The predicted molar refractivity (Wildman–Crippen MR) is 90.3 cm³/mol. The van der Waals surface area contributed by atoms with Gasteiger partial charge in [0.05, 0.1) is 12.8 Å². The van der Waals surface area contributed by atoms with Gasteiger partial charge >= 0.3 is 0 Å². The summed E-state index contributed by atoms with van der Waals surface area (Å²) in [5.41, 5.74) is 3.19. The van der Waals surface area contributed by atoms with Crippen molar-refractivity contribution in [3.05, 3.63) is 59.1 Å². The van der Waals surface area contributed by atoms with Gasteiger partial charge in [0.15, 0.2) is 6.61 Å². The number of amides is 1. The first-order chi connectivity index (χ1) is 11.2. The van der Waals surface area contributed by atoms with Gasteiger partial charge in [-0.05, 0) is 43.3 Å². The summed E-state index contributed by atoms with van der Waals surface area (Å²) in [6.45, 7) is 2.34. The third-order valence-corrected chi connectivity index (χ3v) is 3.05. The van der Waals surface area contributed by atoms with E-state index in [2.05, 4.69) is 10.5 Å². The van der Waals surface area contributed by atoms with E-state index >= 15 is 0 Å². The van der Waals surface area contributed by atoms with E-state index in [9.17, 15) is 4.79 Å². The maximum atomic E-state index is 11.7. The molecule has 2 rings (SSSR count). The SMILES string of the molecule is CCOc1ccccc1/C=N\NC(=O)COc1ccc(Cl)cc1. The summed E-state index contributed by atoms with van der Waals surface area (Å²) in [5, 5.41) is 4.52. The van der Waals surface area contributed by atoms with Gasteiger partial charge in [0.1, 0.15) is 11.5 Å². The van der Waals surface area contributed by atoms with Gasteiger partial charge in [-0.25, -0.2) is 5.43 Å². The van der Waals surface area contributed by atoms with E-state index in [0.29, 0.717) is 23.1 Å². The van der Waals surface area contributed by atoms with Crippen LogP contribution in [0.3, 0.4) is 0 Å². The number of ether oxygens (including phenoxy) is 2. The van der Waals surface area contributed by atoms with Gasteiger partial charge in [-0.15, -0.1) is 0 Å². The summed E-state index contributed by atoms with van der Waals surface area (Å²) < 4.78 is 10.8. The zero-order chi connectivity index (χ0) is 16.5. The second-order valence-corrected chi connectivity index (χ2v) is 4.94. The Morgan fingerprint density at radius 2 is 1.91 bits per heavy atom. The molecule has 120 valence electrons. The van der Waals surface area contributed by atoms with E-state index in [1.807, 2.05) is 31.2 Å². The average Bonchev–Trinajstić information content (AvgIpc) is 2.56. The molecule has 23 heavy (non-hydrogen) atoms. The highest BCUT2D eigenvalue weighted by Gasteiger charge is 2.02. The molecular formula is C17H17ClN2O3. The Kier molecular flexibility index (Phi) is 6.44. The lowest BCUT2D eigenvalue weighted by Crippen LogP contribution is -2.24. The molecule has 0 radical (unpaired) electrons. The molecule has 0 unspecified atom stereocenters. The lowest BCUT2D eigenvalue weighted by atomic mass is 10.2. The standard InChI is InChI=1S/C17H17ClN2O3/c1-2-22-16-6-4-3-5-13(16)11-19-20-17(21)12-23-15-9-7-14(18)8-10-15/h3-11H,2,12H2,1H3,(H,20,21)/b19-11-. The third kappa shape index (κ3) is 5.64. The summed E-state index contributed by atoms with van der Waals surface area (Å²) in [5.74, 6) is 0.922. The summed E-state index contributed by atoms with van der Waals surface area (Å²) in [7, 11) is 0. The fourth-order valence-electron chi connectivity index (χ4n) is 1.76. The van der Waals surface area contributed by atoms with Gasteiger partial charge in [0.2, 0.25) is 0 Å². The number of nitrogens with zero attached hydrogens (tertiary/aromatic N) is 1. The molecule has 1 amide bonds. The van der Waals surface area contributed by atoms with Crippen molar-refractivity contribution in [3.8, 4) is 11.5 Å². The fraction of sp³-hybridized carbons (Fsp3) is 0.176. The predicted octanol–water partition coefficient (Wildman–Crippen LogP) is 3.27. The van der Waals surface area contributed by atoms with Crippen LogP contribution in [0, 0.1) is 0 Å². The number of para-hydroxylation sites is 1. The molecule has 0 fully saturated rings. The van der Waals surface area contributed by atoms with E-state index < -0.39 is 0 Å². The molecule has 2 aromatic carbocycles. The zero-order valence-corrected chi connectivity index (χ0v) is 13.4. The molecule has 0 aromatic heterocycles. The number of carbonyl (C=O) groups excluding carboxylic acids is 1. The summed E-state index contributed by atoms with van der Waals surface area (Å²) in [6, 6.07) is 14.2. The Morgan fingerprint density at radius 1 is 1.17 bits per heavy atom. The molecule has 0 spiro atoms. The molecule has 0 heterocycles. The molecule has 6 heteroatoms. The molecule has 0 saturated heterocycles. The smallest absolute Gasteiger partial charge is 0.277 e. The van der Waals surface area contributed by atoms with Gasteiger partial charge in [0, 0.05) is 10.6 Å². The minimum atomic E-state index is -0.356. The lowest BCUT2D eigenvalue weighted by molar-refractivity contribution is -0.123. The van der Waals surface area contributed by atoms with Crippen molar-refractivity contribution >= 4 is 23.7 Å². The van der Waals surface area contributed by atoms with Crippen molar-refractivity contribution in [2.75, 3.05) is 13.2 Å². The van der Waals surface area contributed by atoms with Crippen molar-refractivity contribution in [1.82, 2.24) is 5.43 Å². The molecule has 5 nitrogen and oxygen atoms in total. The number of carbonyl (C=O) groups is 1. The molecule has 0 aliphatic carbocycles. The number of nitrogens with one attached hydrogen (secondary N) is 1. The van der Waals surface area contributed by atoms with Crippen LogP contribution in [-0.4, -0.2) is 25.3 Å². The molecule has 1 N–H and O–H groups in total. The maximum absolute atomic E-state index is 11.7. The van der Waals surface area contributed by atoms with Crippen molar-refractivity contribution in [2.45, 2.75) is 6.92 Å². The number of hydrazone groups is 1. The minimum Gasteiger partial charge on any atom is -0.493 e. The Morgan fingerprint density at radius 3 is 2.65 bits per heavy atom. The van der Waals surface area contributed by atoms with Crippen molar-refractivity contribution in [3.63, 3.8) is 0 Å². The third-order valence-electron chi connectivity index (χ3n) is 2.80. The van der Waals surface area contributed by atoms with Crippen LogP contribution in [-0.2, 0) is 4.79 Å². The van der Waals surface area contributed by atoms with Crippen LogP contribution in [0.2, 0.25) is 5.02 Å². The van der Waals surface area contributed by atoms with Gasteiger partial charge in [0.25, 0.3) is 5.91 Å². The van der Waals surface area contributed by atoms with Crippen LogP contribution in [0.15, 0.2) is 53.6 Å². The van der Waals surface area contributed by atoms with Crippen LogP contribution in [0.25, 0.3) is 0 Å². The highest BCUT2D eigenvalue weighted by atomic mass is 35.5. The summed E-state index contributed by atoms with van der Waals surface area (Å²) in [4.78, 5) is 11.7. The first-order valence-electron chi connectivity index (χ1n) is 7.11. The first kappa shape index (κ1) is 16.8. The average molecular weight is 333 g/mol. The first-order valence-corrected chi connectivity index (χ1v) is 7.49. The van der Waals surface area contributed by atoms with E-state index in [0.717, 1.165) is 5.56 Å². The van der Waals surface area contributed by atoms with Crippen LogP contribution in [0.1, 0.15) is 12.5 Å². The molecular weight excluding hydrogens is 316 g/mol. The number of halogens is 1. The van der Waals surface area contributed by atoms with Crippen molar-refractivity contribution in [2.24, 2.45) is 5.10 Å². The Labute approximate surface area is 139 Å². The fourth-order valence-corrected chi connectivity index (χ4v) is 1.89. The zero-order valence-electron chi connectivity index (χ0n) is 12.7. The lowest BCUT2D eigenvalue weighted by Gasteiger charge is -2.06. The van der Waals surface area contributed by atoms with Crippen LogP contribution in [0.5, 0.6) is 11.5 Å². The molecule has 0 atom stereocenters. The van der Waals surface area contributed by atoms with Gasteiger partial charge in [-0.1, -0.05) is 23.7 Å². The molecule has 0 aliphatic heterocycles. The molecule has 0 bridgehead atoms. The normalized spacial score (nSPS) is 10.5. The Hall–Kier alpha value is -2.53. The van der Waals surface area contributed by atoms with E-state index in [1.54, 1.807) is 24.3 Å². The van der Waals surface area contributed by atoms with Gasteiger partial charge in [-0.3, -0.25) is 4.79 Å². The van der Waals surface area contributed by atoms with E-state index in [1.165, 1.54) is 6.21 Å². The van der Waals surface area contributed by atoms with Crippen LogP contribution < -0.4 is 14.9 Å². The summed E-state index contributed by atoms with van der Waals surface area (Å²) in [6.07, 6.45) is 1.53. The molecule has 0 saturated carbocycles. The highest BCUT2D eigenvalue weighted by Crippen LogP contribution is 2.16. The van der Waals surface area contributed by atoms with Crippen molar-refractivity contribution in [1.29, 1.82) is 0 Å². The molecule has 0 aliphatic rings. The maximum Gasteiger partial charge on any atom is 0.277 e. The van der Waals surface area contributed by atoms with E-state index in [4.69, 9.17) is 21.1 Å². The van der Waals surface area contributed by atoms with Gasteiger partial charge in [-0.2, -0.15) is 5.10 Å². The highest BCUT2D eigenvalue weighted by molar-refractivity contribution is 6.30. The number of benzene rings is 2. The van der Waals surface area contributed by atoms with E-state index in [-0.39, 0.29) is 12.5 Å². The topological polar surface area (TPSA) is 59.9 Å². The van der Waals surface area contributed by atoms with Crippen molar-refractivity contribution < 1.29 is 14.3 Å². The van der Waals surface area contributed by atoms with Crippen LogP contribution in [0.4, 0.5) is 0 Å². The number of hydrogen-bond acceptors (Lipinski definition) is 4. The quantitative estimate of drug-likeness (QED) is 0.625. The minimum absolute atomic E-state index is 0.133. The second-order valence-electron chi connectivity index (χ2n) is 4.51. The monoisotopic (exact) mass is 332 g/mol. The molecule has 2 aromatic rings. The van der Waals surface area contributed by atoms with Crippen LogP contribution >= 0.6 is 11.6 Å². The Balaban J connectivity index is 1.83. The van der Waals surface area contributed by atoms with Gasteiger partial charge < -0.3 is 9.47 Å². The second kappa shape index (κ2) is 8.80.